The third-order valence-electron chi connectivity index (χ3n) is 3.03. The summed E-state index contributed by atoms with van der Waals surface area (Å²) in [4.78, 5) is 15.8. The molecule has 1 aromatic heterocycles. The van der Waals surface area contributed by atoms with Gasteiger partial charge < -0.3 is 14.8 Å². The van der Waals surface area contributed by atoms with Gasteiger partial charge in [-0.1, -0.05) is 11.6 Å². The molecule has 104 valence electrons. The maximum Gasteiger partial charge on any atom is 0.341 e. The Morgan fingerprint density at radius 2 is 2.37 bits per heavy atom. The number of ether oxygens (including phenoxy) is 2. The number of rotatable bonds is 7. The minimum absolute atomic E-state index is 0.114. The fourth-order valence-electron chi connectivity index (χ4n) is 1.85. The molecule has 5 nitrogen and oxygen atoms in total. The van der Waals surface area contributed by atoms with Gasteiger partial charge in [0, 0.05) is 12.4 Å². The molecule has 0 spiro atoms. The van der Waals surface area contributed by atoms with Gasteiger partial charge in [-0.15, -0.1) is 0 Å². The Labute approximate surface area is 117 Å². The molecule has 6 heteroatoms. The maximum atomic E-state index is 11.8. The number of alkyl halides is 1. The van der Waals surface area contributed by atoms with Crippen LogP contribution < -0.4 is 5.32 Å². The van der Waals surface area contributed by atoms with Crippen molar-refractivity contribution in [3.63, 3.8) is 0 Å². The molecular formula is C13H17ClN2O3. The van der Waals surface area contributed by atoms with E-state index in [9.17, 15) is 4.79 Å². The molecule has 1 aliphatic carbocycles. The molecule has 1 N–H and O–H groups in total. The van der Waals surface area contributed by atoms with Crippen molar-refractivity contribution in [2.45, 2.75) is 25.3 Å². The van der Waals surface area contributed by atoms with Crippen molar-refractivity contribution in [1.82, 2.24) is 4.98 Å². The van der Waals surface area contributed by atoms with Gasteiger partial charge in [-0.2, -0.15) is 0 Å². The number of anilines is 1. The smallest absolute Gasteiger partial charge is 0.341 e. The maximum absolute atomic E-state index is 11.8. The van der Waals surface area contributed by atoms with E-state index in [4.69, 9.17) is 21.1 Å². The van der Waals surface area contributed by atoms with Crippen molar-refractivity contribution in [1.29, 1.82) is 0 Å². The molecule has 1 fully saturated rings. The molecule has 1 heterocycles. The van der Waals surface area contributed by atoms with Crippen molar-refractivity contribution in [2.75, 3.05) is 24.6 Å². The number of hydrogen-bond acceptors (Lipinski definition) is 5. The summed E-state index contributed by atoms with van der Waals surface area (Å²) < 4.78 is 10.3. The summed E-state index contributed by atoms with van der Waals surface area (Å²) in [7, 11) is 0. The molecule has 1 saturated carbocycles. The van der Waals surface area contributed by atoms with Crippen LogP contribution in [0.2, 0.25) is 0 Å². The van der Waals surface area contributed by atoms with E-state index < -0.39 is 0 Å². The average molecular weight is 285 g/mol. The zero-order chi connectivity index (χ0) is 13.7. The number of halogens is 1. The minimum atomic E-state index is -0.368. The van der Waals surface area contributed by atoms with Crippen LogP contribution in [-0.2, 0) is 9.47 Å². The minimum Gasteiger partial charge on any atom is -0.462 e. The zero-order valence-electron chi connectivity index (χ0n) is 10.8. The lowest BCUT2D eigenvalue weighted by atomic mass is 10.2. The average Bonchev–Trinajstić information content (AvgIpc) is 3.17. The van der Waals surface area contributed by atoms with Crippen molar-refractivity contribution < 1.29 is 14.3 Å². The topological polar surface area (TPSA) is 60.5 Å². The van der Waals surface area contributed by atoms with Crippen LogP contribution in [-0.4, -0.2) is 35.8 Å². The molecular weight excluding hydrogens is 268 g/mol. The second-order valence-electron chi connectivity index (χ2n) is 4.50. The van der Waals surface area contributed by atoms with E-state index in [1.165, 1.54) is 6.20 Å². The Morgan fingerprint density at radius 3 is 3.00 bits per heavy atom. The van der Waals surface area contributed by atoms with Crippen LogP contribution >= 0.6 is 11.6 Å². The molecule has 1 aliphatic rings. The predicted molar refractivity (Wildman–Crippen MR) is 72.5 cm³/mol. The highest BCUT2D eigenvalue weighted by molar-refractivity contribution is 6.17. The van der Waals surface area contributed by atoms with Crippen LogP contribution in [0.15, 0.2) is 18.5 Å². The van der Waals surface area contributed by atoms with Gasteiger partial charge in [-0.3, -0.25) is 4.98 Å². The number of pyridine rings is 1. The van der Waals surface area contributed by atoms with E-state index in [1.54, 1.807) is 19.2 Å². The molecule has 19 heavy (non-hydrogen) atoms. The number of carbonyl (C=O) groups excluding carboxylic acids is 1. The lowest BCUT2D eigenvalue weighted by Crippen LogP contribution is -2.28. The highest BCUT2D eigenvalue weighted by atomic mass is 35.5. The van der Waals surface area contributed by atoms with Crippen molar-refractivity contribution in [3.05, 3.63) is 24.0 Å². The number of nitrogens with one attached hydrogen (secondary N) is 1. The molecule has 0 aliphatic heterocycles. The summed E-state index contributed by atoms with van der Waals surface area (Å²) in [5.74, 6) is -0.368. The Kier molecular flexibility index (Phi) is 4.61. The van der Waals surface area contributed by atoms with Crippen molar-refractivity contribution >= 4 is 23.3 Å². The van der Waals surface area contributed by atoms with Gasteiger partial charge >= 0.3 is 5.97 Å². The highest BCUT2D eigenvalue weighted by Gasteiger charge is 2.43. The van der Waals surface area contributed by atoms with Crippen molar-refractivity contribution in [3.8, 4) is 0 Å². The number of hydrogen-bond donors (Lipinski definition) is 1. The summed E-state index contributed by atoms with van der Waals surface area (Å²) in [6.45, 7) is 2.65. The fraction of sp³-hybridized carbons (Fsp3) is 0.538. The van der Waals surface area contributed by atoms with Gasteiger partial charge in [0.15, 0.2) is 0 Å². The first-order chi connectivity index (χ1) is 9.21. The number of aromatic nitrogens is 1. The summed E-state index contributed by atoms with van der Waals surface area (Å²) >= 11 is 5.53. The summed E-state index contributed by atoms with van der Waals surface area (Å²) in [6, 6.07) is 1.94. The first kappa shape index (κ1) is 14.1. The molecule has 0 radical (unpaired) electrons. The number of nitrogens with zero attached hydrogens (tertiary/aromatic N) is 1. The van der Waals surface area contributed by atoms with Crippen LogP contribution in [0.1, 0.15) is 30.1 Å². The number of esters is 1. The van der Waals surface area contributed by atoms with E-state index in [0.717, 1.165) is 18.5 Å². The zero-order valence-corrected chi connectivity index (χ0v) is 11.6. The summed E-state index contributed by atoms with van der Waals surface area (Å²) in [6.07, 6.45) is 5.14. The van der Waals surface area contributed by atoms with E-state index in [1.807, 2.05) is 0 Å². The van der Waals surface area contributed by atoms with Crippen molar-refractivity contribution in [2.24, 2.45) is 0 Å². The van der Waals surface area contributed by atoms with E-state index in [-0.39, 0.29) is 17.6 Å². The van der Waals surface area contributed by atoms with Crippen LogP contribution in [0.4, 0.5) is 5.69 Å². The normalized spacial score (nSPS) is 15.9. The largest absolute Gasteiger partial charge is 0.462 e. The summed E-state index contributed by atoms with van der Waals surface area (Å²) in [5, 5.41) is 3.35. The van der Waals surface area contributed by atoms with Crippen LogP contribution in [0, 0.1) is 0 Å². The number of carbonyl (C=O) groups is 1. The van der Waals surface area contributed by atoms with Gasteiger partial charge in [-0.05, 0) is 25.8 Å². The molecule has 0 saturated heterocycles. The Morgan fingerprint density at radius 1 is 1.58 bits per heavy atom. The lowest BCUT2D eigenvalue weighted by molar-refractivity contribution is 0.0527. The van der Waals surface area contributed by atoms with Crippen LogP contribution in [0.5, 0.6) is 0 Å². The SMILES string of the molecule is CCOC(=O)c1cnccc1NC1(COCCl)CC1. The Bertz CT molecular complexity index is 449. The lowest BCUT2D eigenvalue weighted by Gasteiger charge is -2.19. The second kappa shape index (κ2) is 6.21. The summed E-state index contributed by atoms with van der Waals surface area (Å²) in [5.41, 5.74) is 1.06. The third-order valence-corrected chi connectivity index (χ3v) is 3.18. The quantitative estimate of drug-likeness (QED) is 0.615. The molecule has 0 atom stereocenters. The molecule has 0 amide bonds. The first-order valence-electron chi connectivity index (χ1n) is 6.24. The monoisotopic (exact) mass is 284 g/mol. The first-order valence-corrected chi connectivity index (χ1v) is 6.77. The van der Waals surface area contributed by atoms with Gasteiger partial charge in [-0.25, -0.2) is 4.79 Å². The van der Waals surface area contributed by atoms with Crippen LogP contribution in [0.25, 0.3) is 0 Å². The van der Waals surface area contributed by atoms with E-state index >= 15 is 0 Å². The molecule has 2 rings (SSSR count). The fourth-order valence-corrected chi connectivity index (χ4v) is 1.93. The van der Waals surface area contributed by atoms with Gasteiger partial charge in [0.25, 0.3) is 0 Å². The van der Waals surface area contributed by atoms with Gasteiger partial charge in [0.2, 0.25) is 0 Å². The predicted octanol–water partition coefficient (Wildman–Crippen LogP) is 2.42. The third kappa shape index (κ3) is 3.58. The second-order valence-corrected chi connectivity index (χ2v) is 4.72. The molecule has 0 unspecified atom stereocenters. The van der Waals surface area contributed by atoms with Gasteiger partial charge in [0.05, 0.1) is 24.4 Å². The Balaban J connectivity index is 2.10. The molecule has 1 aromatic rings. The van der Waals surface area contributed by atoms with Crippen LogP contribution in [0.3, 0.4) is 0 Å². The standard InChI is InChI=1S/C13H17ClN2O3/c1-2-19-12(17)10-7-15-6-3-11(10)16-13(4-5-13)8-18-9-14/h3,6-7H,2,4-5,8-9H2,1H3,(H,15,16). The Hall–Kier alpha value is -1.33. The highest BCUT2D eigenvalue weighted by Crippen LogP contribution is 2.39. The molecule has 0 bridgehead atoms. The molecule has 0 aromatic carbocycles. The van der Waals surface area contributed by atoms with Gasteiger partial charge in [0.1, 0.15) is 11.6 Å². The van der Waals surface area contributed by atoms with E-state index in [2.05, 4.69) is 10.3 Å². The van der Waals surface area contributed by atoms with E-state index in [0.29, 0.717) is 18.8 Å².